The Morgan fingerprint density at radius 3 is 2.72 bits per heavy atom. The average molecular weight is 250 g/mol. The van der Waals surface area contributed by atoms with E-state index in [-0.39, 0.29) is 17.6 Å². The molecule has 1 aromatic carbocycles. The van der Waals surface area contributed by atoms with Gasteiger partial charge in [0.1, 0.15) is 5.82 Å². The van der Waals surface area contributed by atoms with E-state index in [9.17, 15) is 9.18 Å². The summed E-state index contributed by atoms with van der Waals surface area (Å²) in [6.45, 7) is 2.02. The molecular weight excluding hydrogens is 231 g/mol. The highest BCUT2D eigenvalue weighted by molar-refractivity contribution is 5.94. The van der Waals surface area contributed by atoms with Crippen LogP contribution in [0.25, 0.3) is 0 Å². The SMILES string of the molecule is C[C@@H](NC(=O)c1ccc(N)c(F)c1)C1CCCC1. The largest absolute Gasteiger partial charge is 0.396 e. The fraction of sp³-hybridized carbons (Fsp3) is 0.500. The van der Waals surface area contributed by atoms with Gasteiger partial charge in [-0.3, -0.25) is 4.79 Å². The molecule has 0 bridgehead atoms. The Bertz CT molecular complexity index is 441. The number of nitrogens with one attached hydrogen (secondary N) is 1. The van der Waals surface area contributed by atoms with Gasteiger partial charge in [0.25, 0.3) is 5.91 Å². The Hall–Kier alpha value is -1.58. The van der Waals surface area contributed by atoms with Gasteiger partial charge in [0, 0.05) is 11.6 Å². The highest BCUT2D eigenvalue weighted by Crippen LogP contribution is 2.27. The summed E-state index contributed by atoms with van der Waals surface area (Å²) in [5.41, 5.74) is 5.77. The Labute approximate surface area is 107 Å². The first kappa shape index (κ1) is 12.9. The third-order valence-electron chi connectivity index (χ3n) is 3.73. The minimum Gasteiger partial charge on any atom is -0.396 e. The first-order chi connectivity index (χ1) is 8.58. The zero-order valence-electron chi connectivity index (χ0n) is 10.6. The van der Waals surface area contributed by atoms with E-state index in [1.807, 2.05) is 6.92 Å². The minimum atomic E-state index is -0.545. The number of halogens is 1. The van der Waals surface area contributed by atoms with Crippen molar-refractivity contribution in [2.24, 2.45) is 5.92 Å². The lowest BCUT2D eigenvalue weighted by Crippen LogP contribution is -2.37. The Morgan fingerprint density at radius 2 is 2.11 bits per heavy atom. The molecular formula is C14H19FN2O. The summed E-state index contributed by atoms with van der Waals surface area (Å²) >= 11 is 0. The van der Waals surface area contributed by atoms with E-state index in [2.05, 4.69) is 5.32 Å². The van der Waals surface area contributed by atoms with Crippen molar-refractivity contribution in [3.63, 3.8) is 0 Å². The predicted octanol–water partition coefficient (Wildman–Crippen LogP) is 2.72. The topological polar surface area (TPSA) is 55.1 Å². The molecule has 0 aliphatic heterocycles. The van der Waals surface area contributed by atoms with Crippen LogP contribution in [-0.4, -0.2) is 11.9 Å². The van der Waals surface area contributed by atoms with E-state index in [4.69, 9.17) is 5.73 Å². The molecule has 1 aliphatic rings. The van der Waals surface area contributed by atoms with E-state index in [0.717, 1.165) is 12.8 Å². The molecule has 0 spiro atoms. The predicted molar refractivity (Wildman–Crippen MR) is 69.7 cm³/mol. The highest BCUT2D eigenvalue weighted by atomic mass is 19.1. The molecule has 98 valence electrons. The number of carbonyl (C=O) groups is 1. The highest BCUT2D eigenvalue weighted by Gasteiger charge is 2.23. The lowest BCUT2D eigenvalue weighted by molar-refractivity contribution is 0.0927. The molecule has 0 aromatic heterocycles. The molecule has 2 rings (SSSR count). The number of nitrogen functional groups attached to an aromatic ring is 1. The van der Waals surface area contributed by atoms with E-state index in [1.165, 1.54) is 25.0 Å². The molecule has 1 amide bonds. The first-order valence-corrected chi connectivity index (χ1v) is 6.44. The molecule has 1 aliphatic carbocycles. The molecule has 0 saturated heterocycles. The van der Waals surface area contributed by atoms with E-state index in [0.29, 0.717) is 11.5 Å². The second-order valence-corrected chi connectivity index (χ2v) is 5.04. The number of anilines is 1. The third kappa shape index (κ3) is 2.81. The number of rotatable bonds is 3. The number of benzene rings is 1. The maximum atomic E-state index is 13.3. The fourth-order valence-corrected chi connectivity index (χ4v) is 2.53. The van der Waals surface area contributed by atoms with Gasteiger partial charge >= 0.3 is 0 Å². The second kappa shape index (κ2) is 5.38. The van der Waals surface area contributed by atoms with E-state index >= 15 is 0 Å². The molecule has 3 N–H and O–H groups in total. The molecule has 0 radical (unpaired) electrons. The van der Waals surface area contributed by atoms with Gasteiger partial charge < -0.3 is 11.1 Å². The molecule has 18 heavy (non-hydrogen) atoms. The van der Waals surface area contributed by atoms with Crippen molar-refractivity contribution in [3.8, 4) is 0 Å². The summed E-state index contributed by atoms with van der Waals surface area (Å²) < 4.78 is 13.3. The van der Waals surface area contributed by atoms with Gasteiger partial charge in [0.2, 0.25) is 0 Å². The molecule has 0 heterocycles. The molecule has 0 unspecified atom stereocenters. The van der Waals surface area contributed by atoms with Gasteiger partial charge in [-0.1, -0.05) is 12.8 Å². The van der Waals surface area contributed by atoms with Crippen molar-refractivity contribution in [1.82, 2.24) is 5.32 Å². The number of amides is 1. The van der Waals surface area contributed by atoms with Crippen LogP contribution in [0.4, 0.5) is 10.1 Å². The molecule has 3 nitrogen and oxygen atoms in total. The molecule has 4 heteroatoms. The summed E-state index contributed by atoms with van der Waals surface area (Å²) in [5, 5.41) is 2.94. The lowest BCUT2D eigenvalue weighted by atomic mass is 9.99. The van der Waals surface area contributed by atoms with Crippen molar-refractivity contribution in [2.75, 3.05) is 5.73 Å². The van der Waals surface area contributed by atoms with Crippen LogP contribution >= 0.6 is 0 Å². The Balaban J connectivity index is 2.00. The number of carbonyl (C=O) groups excluding carboxylic acids is 1. The summed E-state index contributed by atoms with van der Waals surface area (Å²) in [5.74, 6) is -0.225. The smallest absolute Gasteiger partial charge is 0.251 e. The Kier molecular flexibility index (Phi) is 3.84. The summed E-state index contributed by atoms with van der Waals surface area (Å²) in [4.78, 5) is 12.0. The van der Waals surface area contributed by atoms with Crippen LogP contribution in [0.2, 0.25) is 0 Å². The van der Waals surface area contributed by atoms with E-state index < -0.39 is 5.82 Å². The standard InChI is InChI=1S/C14H19FN2O/c1-9(10-4-2-3-5-10)17-14(18)11-6-7-13(16)12(15)8-11/h6-10H,2-5,16H2,1H3,(H,17,18)/t9-/m1/s1. The lowest BCUT2D eigenvalue weighted by Gasteiger charge is -2.20. The molecule has 1 fully saturated rings. The summed E-state index contributed by atoms with van der Waals surface area (Å²) in [6.07, 6.45) is 4.80. The van der Waals surface area contributed by atoms with Gasteiger partial charge in [-0.15, -0.1) is 0 Å². The van der Waals surface area contributed by atoms with Crippen LogP contribution < -0.4 is 11.1 Å². The quantitative estimate of drug-likeness (QED) is 0.810. The first-order valence-electron chi connectivity index (χ1n) is 6.44. The second-order valence-electron chi connectivity index (χ2n) is 5.04. The number of hydrogen-bond donors (Lipinski definition) is 2. The van der Waals surface area contributed by atoms with Gasteiger partial charge in [0.15, 0.2) is 0 Å². The number of nitrogens with two attached hydrogens (primary N) is 1. The van der Waals surface area contributed by atoms with Crippen LogP contribution in [0.3, 0.4) is 0 Å². The fourth-order valence-electron chi connectivity index (χ4n) is 2.53. The minimum absolute atomic E-state index is 0.0652. The van der Waals surface area contributed by atoms with Crippen LogP contribution in [0.15, 0.2) is 18.2 Å². The van der Waals surface area contributed by atoms with Crippen molar-refractivity contribution in [1.29, 1.82) is 0 Å². The molecule has 1 aromatic rings. The van der Waals surface area contributed by atoms with Crippen molar-refractivity contribution >= 4 is 11.6 Å². The van der Waals surface area contributed by atoms with Gasteiger partial charge in [-0.2, -0.15) is 0 Å². The van der Waals surface area contributed by atoms with Crippen molar-refractivity contribution in [3.05, 3.63) is 29.6 Å². The summed E-state index contributed by atoms with van der Waals surface area (Å²) in [7, 11) is 0. The molecule has 1 atom stereocenters. The van der Waals surface area contributed by atoms with Crippen molar-refractivity contribution in [2.45, 2.75) is 38.6 Å². The van der Waals surface area contributed by atoms with Crippen molar-refractivity contribution < 1.29 is 9.18 Å². The van der Waals surface area contributed by atoms with Gasteiger partial charge in [-0.25, -0.2) is 4.39 Å². The van der Waals surface area contributed by atoms with Gasteiger partial charge in [0.05, 0.1) is 5.69 Å². The molecule has 1 saturated carbocycles. The normalized spacial score (nSPS) is 17.7. The van der Waals surface area contributed by atoms with Gasteiger partial charge in [-0.05, 0) is 43.9 Å². The zero-order valence-corrected chi connectivity index (χ0v) is 10.6. The van der Waals surface area contributed by atoms with Crippen LogP contribution in [0.1, 0.15) is 43.0 Å². The zero-order chi connectivity index (χ0) is 13.1. The maximum absolute atomic E-state index is 13.3. The average Bonchev–Trinajstić information content (AvgIpc) is 2.86. The number of hydrogen-bond acceptors (Lipinski definition) is 2. The third-order valence-corrected chi connectivity index (χ3v) is 3.73. The Morgan fingerprint density at radius 1 is 1.44 bits per heavy atom. The van der Waals surface area contributed by atoms with Crippen LogP contribution in [0.5, 0.6) is 0 Å². The van der Waals surface area contributed by atoms with Crippen LogP contribution in [-0.2, 0) is 0 Å². The van der Waals surface area contributed by atoms with Crippen LogP contribution in [0, 0.1) is 11.7 Å². The summed E-state index contributed by atoms with van der Waals surface area (Å²) in [6, 6.07) is 4.30. The monoisotopic (exact) mass is 250 g/mol. The maximum Gasteiger partial charge on any atom is 0.251 e. The van der Waals surface area contributed by atoms with E-state index in [1.54, 1.807) is 6.07 Å².